The highest BCUT2D eigenvalue weighted by Gasteiger charge is 2.30. The monoisotopic (exact) mass is 373 g/mol. The fourth-order valence-electron chi connectivity index (χ4n) is 2.19. The molecule has 0 bridgehead atoms. The van der Waals surface area contributed by atoms with Gasteiger partial charge in [0, 0.05) is 6.07 Å². The van der Waals surface area contributed by atoms with Crippen LogP contribution in [0.25, 0.3) is 0 Å². The molecule has 0 saturated carbocycles. The number of sulfonamides is 1. The van der Waals surface area contributed by atoms with Crippen LogP contribution in [-0.4, -0.2) is 40.8 Å². The molecule has 1 aromatic rings. The number of carbonyl (C=O) groups excluding carboxylic acids is 1. The first-order valence-electron chi connectivity index (χ1n) is 8.30. The summed E-state index contributed by atoms with van der Waals surface area (Å²) in [4.78, 5) is 11.9. The average molecular weight is 373 g/mol. The number of hydrogen-bond acceptors (Lipinski definition) is 6. The zero-order valence-corrected chi connectivity index (χ0v) is 16.2. The van der Waals surface area contributed by atoms with Crippen molar-refractivity contribution in [2.24, 2.45) is 5.92 Å². The normalized spacial score (nSPS) is 13.8. The molecule has 1 aromatic carbocycles. The third-order valence-corrected chi connectivity index (χ3v) is 5.21. The van der Waals surface area contributed by atoms with Gasteiger partial charge in [0.1, 0.15) is 6.04 Å². The van der Waals surface area contributed by atoms with Crippen molar-refractivity contribution in [3.05, 3.63) is 18.2 Å². The van der Waals surface area contributed by atoms with E-state index in [4.69, 9.17) is 14.2 Å². The fraction of sp³-hybridized carbons (Fsp3) is 0.588. The summed E-state index contributed by atoms with van der Waals surface area (Å²) >= 11 is 0. The summed E-state index contributed by atoms with van der Waals surface area (Å²) in [5.41, 5.74) is 0. The van der Waals surface area contributed by atoms with Gasteiger partial charge >= 0.3 is 5.97 Å². The molecule has 0 saturated heterocycles. The predicted molar refractivity (Wildman–Crippen MR) is 94.4 cm³/mol. The van der Waals surface area contributed by atoms with Gasteiger partial charge < -0.3 is 14.2 Å². The number of ether oxygens (including phenoxy) is 3. The highest BCUT2D eigenvalue weighted by Crippen LogP contribution is 2.30. The van der Waals surface area contributed by atoms with Crippen LogP contribution in [0.3, 0.4) is 0 Å². The number of benzene rings is 1. The summed E-state index contributed by atoms with van der Waals surface area (Å²) in [6.45, 7) is 8.09. The quantitative estimate of drug-likeness (QED) is 0.633. The lowest BCUT2D eigenvalue weighted by Crippen LogP contribution is -2.45. The molecule has 0 fully saturated rings. The highest BCUT2D eigenvalue weighted by molar-refractivity contribution is 7.89. The van der Waals surface area contributed by atoms with Crippen LogP contribution >= 0.6 is 0 Å². The van der Waals surface area contributed by atoms with E-state index in [-0.39, 0.29) is 10.8 Å². The van der Waals surface area contributed by atoms with Gasteiger partial charge in [-0.3, -0.25) is 4.79 Å². The van der Waals surface area contributed by atoms with Gasteiger partial charge in [-0.05, 0) is 31.9 Å². The Labute approximate surface area is 149 Å². The van der Waals surface area contributed by atoms with Crippen molar-refractivity contribution in [2.45, 2.75) is 45.1 Å². The Balaban J connectivity index is 3.19. The Bertz CT molecular complexity index is 674. The van der Waals surface area contributed by atoms with E-state index >= 15 is 0 Å². The van der Waals surface area contributed by atoms with Crippen LogP contribution in [0.5, 0.6) is 11.5 Å². The Hall–Kier alpha value is -1.80. The lowest BCUT2D eigenvalue weighted by molar-refractivity contribution is -0.143. The van der Waals surface area contributed by atoms with Crippen LogP contribution in [0.2, 0.25) is 0 Å². The van der Waals surface area contributed by atoms with Crippen LogP contribution in [0.1, 0.15) is 34.1 Å². The topological polar surface area (TPSA) is 90.9 Å². The molecule has 7 nitrogen and oxygen atoms in total. The predicted octanol–water partition coefficient (Wildman–Crippen LogP) is 2.35. The third-order valence-electron chi connectivity index (χ3n) is 3.78. The molecule has 0 aliphatic rings. The molecule has 8 heteroatoms. The molecule has 25 heavy (non-hydrogen) atoms. The molecule has 0 aliphatic carbocycles. The first-order valence-corrected chi connectivity index (χ1v) is 9.78. The van der Waals surface area contributed by atoms with Crippen molar-refractivity contribution in [2.75, 3.05) is 20.3 Å². The summed E-state index contributed by atoms with van der Waals surface area (Å²) in [6.07, 6.45) is 0.621. The van der Waals surface area contributed by atoms with Gasteiger partial charge in [-0.2, -0.15) is 4.72 Å². The van der Waals surface area contributed by atoms with Crippen molar-refractivity contribution in [3.8, 4) is 11.5 Å². The standard InChI is InChI=1S/C17H27NO6S/c1-6-12(4)16(17(19)22-5)18-25(20,21)13-9-10-14(23-7-2)15(11-13)24-8-3/h9-12,16,18H,6-8H2,1-5H3/t12-,16+/m1/s1. The Morgan fingerprint density at radius 2 is 1.72 bits per heavy atom. The van der Waals surface area contributed by atoms with E-state index in [9.17, 15) is 13.2 Å². The second-order valence-corrected chi connectivity index (χ2v) is 7.20. The molecule has 0 aromatic heterocycles. The smallest absolute Gasteiger partial charge is 0.324 e. The molecule has 2 atom stereocenters. The summed E-state index contributed by atoms with van der Waals surface area (Å²) in [5, 5.41) is 0. The molecular formula is C17H27NO6S. The summed E-state index contributed by atoms with van der Waals surface area (Å²) in [5.74, 6) is -0.0229. The third kappa shape index (κ3) is 5.61. The van der Waals surface area contributed by atoms with E-state index in [2.05, 4.69) is 4.72 Å². The molecule has 0 unspecified atom stereocenters. The summed E-state index contributed by atoms with van der Waals surface area (Å²) < 4.78 is 43.4. The van der Waals surface area contributed by atoms with E-state index in [1.165, 1.54) is 19.2 Å². The number of hydrogen-bond donors (Lipinski definition) is 1. The van der Waals surface area contributed by atoms with E-state index < -0.39 is 22.0 Å². The van der Waals surface area contributed by atoms with Crippen molar-refractivity contribution in [3.63, 3.8) is 0 Å². The highest BCUT2D eigenvalue weighted by atomic mass is 32.2. The van der Waals surface area contributed by atoms with Crippen LogP contribution in [-0.2, 0) is 19.6 Å². The Morgan fingerprint density at radius 1 is 1.12 bits per heavy atom. The van der Waals surface area contributed by atoms with Gasteiger partial charge in [-0.1, -0.05) is 20.3 Å². The second kappa shape index (κ2) is 9.62. The summed E-state index contributed by atoms with van der Waals surface area (Å²) in [6, 6.07) is 3.39. The van der Waals surface area contributed by atoms with Gasteiger partial charge in [-0.15, -0.1) is 0 Å². The van der Waals surface area contributed by atoms with Crippen molar-refractivity contribution >= 4 is 16.0 Å². The first kappa shape index (κ1) is 21.2. The maximum Gasteiger partial charge on any atom is 0.324 e. The minimum Gasteiger partial charge on any atom is -0.490 e. The number of carbonyl (C=O) groups is 1. The molecule has 0 amide bonds. The molecule has 0 spiro atoms. The van der Waals surface area contributed by atoms with Crippen molar-refractivity contribution < 1.29 is 27.4 Å². The molecule has 1 rings (SSSR count). The van der Waals surface area contributed by atoms with E-state index in [0.717, 1.165) is 0 Å². The van der Waals surface area contributed by atoms with Gasteiger partial charge in [0.05, 0.1) is 25.2 Å². The SMILES string of the molecule is CCOc1ccc(S(=O)(=O)N[C@H](C(=O)OC)[C@H](C)CC)cc1OCC. The maximum absolute atomic E-state index is 12.7. The number of rotatable bonds is 10. The lowest BCUT2D eigenvalue weighted by Gasteiger charge is -2.22. The minimum absolute atomic E-state index is 0.00314. The number of esters is 1. The van der Waals surface area contributed by atoms with Crippen LogP contribution in [0.4, 0.5) is 0 Å². The van der Waals surface area contributed by atoms with Crippen molar-refractivity contribution in [1.82, 2.24) is 4.72 Å². The Morgan fingerprint density at radius 3 is 2.24 bits per heavy atom. The summed E-state index contributed by atoms with van der Waals surface area (Å²) in [7, 11) is -2.70. The second-order valence-electron chi connectivity index (χ2n) is 5.48. The minimum atomic E-state index is -3.93. The van der Waals surface area contributed by atoms with E-state index in [1.54, 1.807) is 19.9 Å². The first-order chi connectivity index (χ1) is 11.8. The number of nitrogens with one attached hydrogen (secondary N) is 1. The van der Waals surface area contributed by atoms with Gasteiger partial charge in [-0.25, -0.2) is 8.42 Å². The van der Waals surface area contributed by atoms with Crippen LogP contribution < -0.4 is 14.2 Å². The zero-order chi connectivity index (χ0) is 19.0. The average Bonchev–Trinajstić information content (AvgIpc) is 2.60. The Kier molecular flexibility index (Phi) is 8.18. The van der Waals surface area contributed by atoms with Gasteiger partial charge in [0.25, 0.3) is 0 Å². The molecule has 0 radical (unpaired) electrons. The maximum atomic E-state index is 12.7. The van der Waals surface area contributed by atoms with Crippen LogP contribution in [0, 0.1) is 5.92 Å². The molecule has 0 aliphatic heterocycles. The lowest BCUT2D eigenvalue weighted by atomic mass is 10.0. The van der Waals surface area contributed by atoms with Gasteiger partial charge in [0.2, 0.25) is 10.0 Å². The molecule has 0 heterocycles. The van der Waals surface area contributed by atoms with Crippen LogP contribution in [0.15, 0.2) is 23.1 Å². The van der Waals surface area contributed by atoms with Crippen molar-refractivity contribution in [1.29, 1.82) is 0 Å². The molecular weight excluding hydrogens is 346 g/mol. The van der Waals surface area contributed by atoms with E-state index in [0.29, 0.717) is 31.1 Å². The number of methoxy groups -OCH3 is 1. The van der Waals surface area contributed by atoms with E-state index in [1.807, 2.05) is 13.8 Å². The zero-order valence-electron chi connectivity index (χ0n) is 15.4. The molecule has 142 valence electrons. The van der Waals surface area contributed by atoms with Gasteiger partial charge in [0.15, 0.2) is 11.5 Å². The largest absolute Gasteiger partial charge is 0.490 e. The fourth-order valence-corrected chi connectivity index (χ4v) is 3.50. The molecule has 1 N–H and O–H groups in total.